The molecule has 26 heavy (non-hydrogen) atoms. The van der Waals surface area contributed by atoms with E-state index in [1.165, 1.54) is 0 Å². The highest BCUT2D eigenvalue weighted by atomic mass is 16.5. The molecule has 6 nitrogen and oxygen atoms in total. The summed E-state index contributed by atoms with van der Waals surface area (Å²) in [4.78, 5) is 26.3. The van der Waals surface area contributed by atoms with Crippen molar-refractivity contribution in [2.45, 2.75) is 25.5 Å². The van der Waals surface area contributed by atoms with Crippen LogP contribution in [-0.4, -0.2) is 55.1 Å². The van der Waals surface area contributed by atoms with Gasteiger partial charge in [0.25, 0.3) is 0 Å². The van der Waals surface area contributed by atoms with Crippen LogP contribution in [0.25, 0.3) is 10.8 Å². The number of nitrogens with one attached hydrogen (secondary N) is 1. The summed E-state index contributed by atoms with van der Waals surface area (Å²) in [5, 5.41) is 4.90. The zero-order valence-electron chi connectivity index (χ0n) is 15.0. The lowest BCUT2D eigenvalue weighted by Crippen LogP contribution is -2.53. The minimum Gasteiger partial charge on any atom is -0.373 e. The Hall–Kier alpha value is -2.44. The van der Waals surface area contributed by atoms with Gasteiger partial charge in [-0.2, -0.15) is 0 Å². The van der Waals surface area contributed by atoms with Crippen molar-refractivity contribution in [2.24, 2.45) is 5.73 Å². The fourth-order valence-electron chi connectivity index (χ4n) is 3.19. The second-order valence-electron chi connectivity index (χ2n) is 6.70. The van der Waals surface area contributed by atoms with Gasteiger partial charge in [0.05, 0.1) is 25.7 Å². The molecule has 0 bridgehead atoms. The molecule has 2 aromatic rings. The molecule has 0 spiro atoms. The van der Waals surface area contributed by atoms with Crippen molar-refractivity contribution in [3.63, 3.8) is 0 Å². The molecule has 6 heteroatoms. The van der Waals surface area contributed by atoms with Crippen LogP contribution in [-0.2, 0) is 20.7 Å². The summed E-state index contributed by atoms with van der Waals surface area (Å²) in [5.41, 5.74) is 6.81. The SMILES string of the molecule is C[C@H](N)[C@@H]1CN(C(=O)CNC(=O)Cc2cccc3ccccc23)CCO1. The van der Waals surface area contributed by atoms with E-state index in [-0.39, 0.29) is 36.9 Å². The van der Waals surface area contributed by atoms with Gasteiger partial charge in [0.15, 0.2) is 0 Å². The molecule has 2 amide bonds. The van der Waals surface area contributed by atoms with Gasteiger partial charge in [-0.25, -0.2) is 0 Å². The van der Waals surface area contributed by atoms with E-state index < -0.39 is 0 Å². The molecule has 1 fully saturated rings. The molecule has 2 atom stereocenters. The molecular formula is C20H25N3O3. The van der Waals surface area contributed by atoms with Gasteiger partial charge < -0.3 is 20.7 Å². The minimum atomic E-state index is -0.160. The first-order chi connectivity index (χ1) is 12.5. The van der Waals surface area contributed by atoms with E-state index >= 15 is 0 Å². The van der Waals surface area contributed by atoms with E-state index in [2.05, 4.69) is 5.32 Å². The number of hydrogen-bond donors (Lipinski definition) is 2. The van der Waals surface area contributed by atoms with Crippen LogP contribution in [0.15, 0.2) is 42.5 Å². The molecule has 3 N–H and O–H groups in total. The fraction of sp³-hybridized carbons (Fsp3) is 0.400. The number of benzene rings is 2. The Labute approximate surface area is 153 Å². The van der Waals surface area contributed by atoms with Gasteiger partial charge in [0.2, 0.25) is 11.8 Å². The normalized spacial score (nSPS) is 18.5. The molecule has 1 saturated heterocycles. The van der Waals surface area contributed by atoms with Crippen molar-refractivity contribution in [2.75, 3.05) is 26.2 Å². The fourth-order valence-corrected chi connectivity index (χ4v) is 3.19. The molecule has 0 aromatic heterocycles. The Morgan fingerprint density at radius 2 is 2.04 bits per heavy atom. The van der Waals surface area contributed by atoms with Gasteiger partial charge in [0, 0.05) is 19.1 Å². The third kappa shape index (κ3) is 4.39. The highest BCUT2D eigenvalue weighted by Crippen LogP contribution is 2.18. The first-order valence-corrected chi connectivity index (χ1v) is 8.93. The Balaban J connectivity index is 1.54. The van der Waals surface area contributed by atoms with Crippen molar-refractivity contribution in [3.05, 3.63) is 48.0 Å². The van der Waals surface area contributed by atoms with Gasteiger partial charge in [-0.05, 0) is 23.3 Å². The van der Waals surface area contributed by atoms with Gasteiger partial charge in [-0.15, -0.1) is 0 Å². The van der Waals surface area contributed by atoms with Crippen LogP contribution in [0, 0.1) is 0 Å². The summed E-state index contributed by atoms with van der Waals surface area (Å²) in [6.45, 7) is 3.33. The smallest absolute Gasteiger partial charge is 0.242 e. The second-order valence-corrected chi connectivity index (χ2v) is 6.70. The Kier molecular flexibility index (Phi) is 5.85. The molecule has 1 aliphatic rings. The number of fused-ring (bicyclic) bond motifs is 1. The monoisotopic (exact) mass is 355 g/mol. The van der Waals surface area contributed by atoms with Gasteiger partial charge in [0.1, 0.15) is 0 Å². The first kappa shape index (κ1) is 18.4. The third-order valence-corrected chi connectivity index (χ3v) is 4.70. The Morgan fingerprint density at radius 3 is 2.85 bits per heavy atom. The number of carbonyl (C=O) groups is 2. The third-order valence-electron chi connectivity index (χ3n) is 4.70. The van der Waals surface area contributed by atoms with Crippen LogP contribution < -0.4 is 11.1 Å². The molecule has 138 valence electrons. The van der Waals surface area contributed by atoms with Gasteiger partial charge in [-0.1, -0.05) is 42.5 Å². The average molecular weight is 355 g/mol. The predicted molar refractivity (Wildman–Crippen MR) is 101 cm³/mol. The minimum absolute atomic E-state index is 0.00469. The van der Waals surface area contributed by atoms with E-state index in [4.69, 9.17) is 10.5 Å². The molecular weight excluding hydrogens is 330 g/mol. The van der Waals surface area contributed by atoms with E-state index in [1.54, 1.807) is 4.90 Å². The summed E-state index contributed by atoms with van der Waals surface area (Å²) in [5.74, 6) is -0.267. The molecule has 0 radical (unpaired) electrons. The lowest BCUT2D eigenvalue weighted by atomic mass is 10.0. The van der Waals surface area contributed by atoms with Crippen LogP contribution in [0.4, 0.5) is 0 Å². The summed E-state index contributed by atoms with van der Waals surface area (Å²) in [6.07, 6.45) is 0.0966. The molecule has 2 aromatic carbocycles. The number of nitrogens with zero attached hydrogens (tertiary/aromatic N) is 1. The number of nitrogens with two attached hydrogens (primary N) is 1. The maximum absolute atomic E-state index is 12.4. The van der Waals surface area contributed by atoms with Crippen LogP contribution in [0.2, 0.25) is 0 Å². The largest absolute Gasteiger partial charge is 0.373 e. The Morgan fingerprint density at radius 1 is 1.27 bits per heavy atom. The molecule has 1 aliphatic heterocycles. The first-order valence-electron chi connectivity index (χ1n) is 8.93. The van der Waals surface area contributed by atoms with E-state index in [1.807, 2.05) is 49.4 Å². The highest BCUT2D eigenvalue weighted by Gasteiger charge is 2.26. The van der Waals surface area contributed by atoms with Gasteiger partial charge in [-0.3, -0.25) is 9.59 Å². The standard InChI is InChI=1S/C20H25N3O3/c1-14(21)18-13-23(9-10-26-18)20(25)12-22-19(24)11-16-7-4-6-15-5-2-3-8-17(15)16/h2-8,14,18H,9-13,21H2,1H3,(H,22,24)/t14-,18-/m0/s1. The highest BCUT2D eigenvalue weighted by molar-refractivity contribution is 5.91. The van der Waals surface area contributed by atoms with Crippen molar-refractivity contribution in [1.29, 1.82) is 0 Å². The van der Waals surface area contributed by atoms with E-state index in [0.29, 0.717) is 19.7 Å². The molecule has 0 aliphatic carbocycles. The van der Waals surface area contributed by atoms with E-state index in [0.717, 1.165) is 16.3 Å². The quantitative estimate of drug-likeness (QED) is 0.840. The van der Waals surface area contributed by atoms with Gasteiger partial charge >= 0.3 is 0 Å². The maximum atomic E-state index is 12.4. The van der Waals surface area contributed by atoms with Crippen LogP contribution in [0.1, 0.15) is 12.5 Å². The molecule has 3 rings (SSSR count). The number of carbonyl (C=O) groups excluding carboxylic acids is 2. The zero-order valence-corrected chi connectivity index (χ0v) is 15.0. The molecule has 0 unspecified atom stereocenters. The number of hydrogen-bond acceptors (Lipinski definition) is 4. The summed E-state index contributed by atoms with van der Waals surface area (Å²) >= 11 is 0. The van der Waals surface area contributed by atoms with Crippen LogP contribution in [0.5, 0.6) is 0 Å². The maximum Gasteiger partial charge on any atom is 0.242 e. The average Bonchev–Trinajstić information content (AvgIpc) is 2.66. The molecule has 0 saturated carbocycles. The van der Waals surface area contributed by atoms with E-state index in [9.17, 15) is 9.59 Å². The number of rotatable bonds is 5. The van der Waals surface area contributed by atoms with Crippen molar-refractivity contribution >= 4 is 22.6 Å². The summed E-state index contributed by atoms with van der Waals surface area (Å²) in [7, 11) is 0. The van der Waals surface area contributed by atoms with Crippen molar-refractivity contribution in [1.82, 2.24) is 10.2 Å². The predicted octanol–water partition coefficient (Wildman–Crippen LogP) is 1.07. The van der Waals surface area contributed by atoms with Crippen molar-refractivity contribution in [3.8, 4) is 0 Å². The second kappa shape index (κ2) is 8.29. The van der Waals surface area contributed by atoms with Crippen molar-refractivity contribution < 1.29 is 14.3 Å². The Bertz CT molecular complexity index is 785. The number of amides is 2. The number of ether oxygens (including phenoxy) is 1. The number of morpholine rings is 1. The van der Waals surface area contributed by atoms with Crippen LogP contribution >= 0.6 is 0 Å². The summed E-state index contributed by atoms with van der Waals surface area (Å²) in [6, 6.07) is 13.7. The molecule has 1 heterocycles. The van der Waals surface area contributed by atoms with Crippen LogP contribution in [0.3, 0.4) is 0 Å². The topological polar surface area (TPSA) is 84.7 Å². The lowest BCUT2D eigenvalue weighted by Gasteiger charge is -2.34. The summed E-state index contributed by atoms with van der Waals surface area (Å²) < 4.78 is 5.56. The lowest BCUT2D eigenvalue weighted by molar-refractivity contribution is -0.139. The zero-order chi connectivity index (χ0) is 18.5.